The molecule has 2 aromatic rings. The van der Waals surface area contributed by atoms with Crippen molar-refractivity contribution in [1.29, 1.82) is 0 Å². The molecule has 0 spiro atoms. The molecule has 1 aliphatic rings. The van der Waals surface area contributed by atoms with Gasteiger partial charge in [-0.1, -0.05) is 37.0 Å². The minimum atomic E-state index is -4.38. The smallest absolute Gasteiger partial charge is 0.342 e. The molecule has 1 aliphatic heterocycles. The van der Waals surface area contributed by atoms with Gasteiger partial charge in [0.25, 0.3) is 15.9 Å². The summed E-state index contributed by atoms with van der Waals surface area (Å²) in [6.07, 6.45) is 0. The predicted molar refractivity (Wildman–Crippen MR) is 146 cm³/mol. The van der Waals surface area contributed by atoms with Crippen LogP contribution in [0.1, 0.15) is 46.0 Å². The van der Waals surface area contributed by atoms with Crippen molar-refractivity contribution in [2.75, 3.05) is 48.1 Å². The highest BCUT2D eigenvalue weighted by molar-refractivity contribution is 7.90. The van der Waals surface area contributed by atoms with Crippen LogP contribution in [0.3, 0.4) is 0 Å². The maximum Gasteiger partial charge on any atom is 0.342 e. The second-order valence-electron chi connectivity index (χ2n) is 9.33. The van der Waals surface area contributed by atoms with Gasteiger partial charge in [0.15, 0.2) is 6.73 Å². The summed E-state index contributed by atoms with van der Waals surface area (Å²) in [7, 11) is -2.19. The number of hydrogen-bond acceptors (Lipinski definition) is 9. The summed E-state index contributed by atoms with van der Waals surface area (Å²) < 4.78 is 64.4. The number of rotatable bonds is 10. The SMILES string of the molecule is COc1cc(C(C)C)c2c(c1)S(=O)(=O)N(COC(=O)c1c(Cl)ccc(S(=O)(=O)N(C)CCN(C)C)c1Cl)C2=O. The average molecular weight is 623 g/mol. The number of likely N-dealkylation sites (N-methyl/N-ethyl adjacent to an activating group) is 2. The van der Waals surface area contributed by atoms with Crippen LogP contribution in [-0.4, -0.2) is 90.3 Å². The number of carbonyl (C=O) groups excluding carboxylic acids is 2. The topological polar surface area (TPSA) is 131 Å². The normalized spacial score (nSPS) is 14.8. The first-order chi connectivity index (χ1) is 18.0. The number of methoxy groups -OCH3 is 1. The molecular weight excluding hydrogens is 593 g/mol. The molecule has 214 valence electrons. The minimum absolute atomic E-state index is 0.0354. The number of amides is 1. The van der Waals surface area contributed by atoms with Gasteiger partial charge in [-0.2, -0.15) is 8.61 Å². The van der Waals surface area contributed by atoms with Crippen molar-refractivity contribution in [3.8, 4) is 5.75 Å². The van der Waals surface area contributed by atoms with Crippen molar-refractivity contribution in [1.82, 2.24) is 13.5 Å². The van der Waals surface area contributed by atoms with Gasteiger partial charge in [0, 0.05) is 26.2 Å². The lowest BCUT2D eigenvalue weighted by Gasteiger charge is -2.21. The van der Waals surface area contributed by atoms with E-state index in [9.17, 15) is 26.4 Å². The highest BCUT2D eigenvalue weighted by atomic mass is 35.5. The molecule has 0 N–H and O–H groups in total. The molecule has 0 saturated carbocycles. The van der Waals surface area contributed by atoms with Crippen LogP contribution in [0.4, 0.5) is 0 Å². The van der Waals surface area contributed by atoms with Gasteiger partial charge in [-0.05, 0) is 43.8 Å². The van der Waals surface area contributed by atoms with Gasteiger partial charge in [0.05, 0.1) is 28.3 Å². The van der Waals surface area contributed by atoms with Crippen LogP contribution in [-0.2, 0) is 24.8 Å². The highest BCUT2D eigenvalue weighted by Gasteiger charge is 2.44. The number of benzene rings is 2. The van der Waals surface area contributed by atoms with E-state index in [2.05, 4.69) is 0 Å². The van der Waals surface area contributed by atoms with E-state index in [-0.39, 0.29) is 38.6 Å². The summed E-state index contributed by atoms with van der Waals surface area (Å²) in [6, 6.07) is 5.14. The fourth-order valence-electron chi connectivity index (χ4n) is 3.83. The Morgan fingerprint density at radius 2 is 1.74 bits per heavy atom. The predicted octanol–water partition coefficient (Wildman–Crippen LogP) is 3.27. The maximum atomic E-state index is 13.2. The molecule has 3 rings (SSSR count). The zero-order valence-electron chi connectivity index (χ0n) is 22.2. The number of halogens is 2. The van der Waals surface area contributed by atoms with E-state index in [1.54, 1.807) is 38.9 Å². The average Bonchev–Trinajstić information content (AvgIpc) is 3.04. The fraction of sp³-hybridized carbons (Fsp3) is 0.417. The summed E-state index contributed by atoms with van der Waals surface area (Å²) in [6.45, 7) is 3.18. The Bertz CT molecular complexity index is 1530. The highest BCUT2D eigenvalue weighted by Crippen LogP contribution is 2.39. The second-order valence-corrected chi connectivity index (χ2v) is 14.0. The lowest BCUT2D eigenvalue weighted by molar-refractivity contribution is 0.0358. The maximum absolute atomic E-state index is 13.2. The van der Waals surface area contributed by atoms with Gasteiger partial charge < -0.3 is 14.4 Å². The van der Waals surface area contributed by atoms with Gasteiger partial charge in [0.1, 0.15) is 15.5 Å². The van der Waals surface area contributed by atoms with Gasteiger partial charge in [-0.25, -0.2) is 21.6 Å². The monoisotopic (exact) mass is 621 g/mol. The molecule has 2 aromatic carbocycles. The van der Waals surface area contributed by atoms with Gasteiger partial charge in [-0.15, -0.1) is 0 Å². The summed E-state index contributed by atoms with van der Waals surface area (Å²) in [4.78, 5) is 27.3. The van der Waals surface area contributed by atoms with Crippen LogP contribution in [0, 0.1) is 0 Å². The number of sulfonamides is 2. The zero-order valence-corrected chi connectivity index (χ0v) is 25.3. The third-order valence-corrected chi connectivity index (χ3v) is 10.5. The van der Waals surface area contributed by atoms with Crippen molar-refractivity contribution in [3.63, 3.8) is 0 Å². The second kappa shape index (κ2) is 11.6. The molecule has 1 amide bonds. The van der Waals surface area contributed by atoms with Crippen LogP contribution in [0.25, 0.3) is 0 Å². The van der Waals surface area contributed by atoms with Crippen LogP contribution in [0.15, 0.2) is 34.1 Å². The summed E-state index contributed by atoms with van der Waals surface area (Å²) >= 11 is 12.5. The molecule has 0 aliphatic carbocycles. The summed E-state index contributed by atoms with van der Waals surface area (Å²) in [5.41, 5.74) is -0.0626. The van der Waals surface area contributed by atoms with E-state index < -0.39 is 49.2 Å². The Hall–Kier alpha value is -2.42. The van der Waals surface area contributed by atoms with Gasteiger partial charge in [0.2, 0.25) is 10.0 Å². The van der Waals surface area contributed by atoms with Crippen molar-refractivity contribution < 1.29 is 35.9 Å². The van der Waals surface area contributed by atoms with Gasteiger partial charge >= 0.3 is 5.97 Å². The number of hydrogen-bond donors (Lipinski definition) is 0. The number of esters is 1. The first-order valence-electron chi connectivity index (χ1n) is 11.6. The van der Waals surface area contributed by atoms with Gasteiger partial charge in [-0.3, -0.25) is 4.79 Å². The Labute approximate surface area is 238 Å². The molecule has 11 nitrogen and oxygen atoms in total. The summed E-state index contributed by atoms with van der Waals surface area (Å²) in [5.74, 6) is -2.05. The third-order valence-electron chi connectivity index (χ3n) is 6.10. The molecule has 1 heterocycles. The molecule has 0 unspecified atom stereocenters. The molecule has 39 heavy (non-hydrogen) atoms. The molecule has 0 fully saturated rings. The van der Waals surface area contributed by atoms with E-state index in [1.165, 1.54) is 26.3 Å². The minimum Gasteiger partial charge on any atom is -0.497 e. The van der Waals surface area contributed by atoms with Crippen LogP contribution in [0.2, 0.25) is 10.0 Å². The lowest BCUT2D eigenvalue weighted by Crippen LogP contribution is -2.34. The Morgan fingerprint density at radius 3 is 2.31 bits per heavy atom. The quantitative estimate of drug-likeness (QED) is 0.367. The molecular formula is C24H29Cl2N3O8S2. The van der Waals surface area contributed by atoms with Crippen LogP contribution < -0.4 is 4.74 Å². The molecule has 0 aromatic heterocycles. The van der Waals surface area contributed by atoms with Crippen molar-refractivity contribution in [2.45, 2.75) is 29.6 Å². The standard InChI is InChI=1S/C24H29Cl2N3O8S2/c1-14(2)16-11-15(36-6)12-19-20(16)23(30)29(39(19,34)35)13-37-24(31)21-17(25)7-8-18(22(21)26)38(32,33)28(5)10-9-27(3)4/h7-8,11-12,14H,9-10,13H2,1-6H3. The van der Waals surface area contributed by atoms with E-state index in [1.807, 2.05) is 0 Å². The Morgan fingerprint density at radius 1 is 1.10 bits per heavy atom. The number of nitrogens with zero attached hydrogens (tertiary/aromatic N) is 3. The molecule has 0 bridgehead atoms. The number of carbonyl (C=O) groups is 2. The number of ether oxygens (including phenoxy) is 2. The zero-order chi connectivity index (χ0) is 29.4. The summed E-state index contributed by atoms with van der Waals surface area (Å²) in [5, 5.41) is -0.708. The molecule has 0 saturated heterocycles. The Kier molecular flexibility index (Phi) is 9.25. The lowest BCUT2D eigenvalue weighted by atomic mass is 9.96. The van der Waals surface area contributed by atoms with E-state index in [4.69, 9.17) is 32.7 Å². The van der Waals surface area contributed by atoms with Crippen molar-refractivity contribution in [2.24, 2.45) is 0 Å². The third kappa shape index (κ3) is 5.88. The Balaban J connectivity index is 1.92. The van der Waals surface area contributed by atoms with Crippen LogP contribution >= 0.6 is 23.2 Å². The van der Waals surface area contributed by atoms with E-state index in [0.29, 0.717) is 16.4 Å². The van der Waals surface area contributed by atoms with E-state index in [0.717, 1.165) is 10.4 Å². The van der Waals surface area contributed by atoms with E-state index >= 15 is 0 Å². The molecule has 15 heteroatoms. The number of fused-ring (bicyclic) bond motifs is 1. The first kappa shape index (κ1) is 31.1. The molecule has 0 atom stereocenters. The molecule has 0 radical (unpaired) electrons. The van der Waals surface area contributed by atoms with Crippen molar-refractivity contribution in [3.05, 3.63) is 51.0 Å². The largest absolute Gasteiger partial charge is 0.497 e. The fourth-order valence-corrected chi connectivity index (χ4v) is 7.35. The van der Waals surface area contributed by atoms with Crippen LogP contribution in [0.5, 0.6) is 5.75 Å². The van der Waals surface area contributed by atoms with Crippen molar-refractivity contribution >= 4 is 55.1 Å². The first-order valence-corrected chi connectivity index (χ1v) is 15.2.